The number of rotatable bonds is 5. The molecular formula is C7H17NOS. The Kier molecular flexibility index (Phi) is 5.13. The molecule has 0 spiro atoms. The lowest BCUT2D eigenvalue weighted by atomic mass is 10.2. The van der Waals surface area contributed by atoms with E-state index in [1.165, 1.54) is 0 Å². The molecule has 0 aromatic rings. The van der Waals surface area contributed by atoms with Gasteiger partial charge in [-0.3, -0.25) is 0 Å². The van der Waals surface area contributed by atoms with E-state index in [2.05, 4.69) is 0 Å². The molecule has 0 aromatic carbocycles. The van der Waals surface area contributed by atoms with Gasteiger partial charge in [-0.05, 0) is 32.6 Å². The third-order valence-corrected chi connectivity index (χ3v) is 2.44. The Bertz CT molecular complexity index is 80.2. The lowest BCUT2D eigenvalue weighted by Gasteiger charge is -2.15. The van der Waals surface area contributed by atoms with E-state index in [1.807, 2.05) is 13.8 Å². The topological polar surface area (TPSA) is 46.2 Å². The van der Waals surface area contributed by atoms with Gasteiger partial charge in [-0.15, -0.1) is 0 Å². The van der Waals surface area contributed by atoms with Gasteiger partial charge in [0, 0.05) is 5.75 Å². The smallest absolute Gasteiger partial charge is 0.0681 e. The van der Waals surface area contributed by atoms with Crippen molar-refractivity contribution in [2.75, 3.05) is 18.1 Å². The molecular weight excluding hydrogens is 146 g/mol. The van der Waals surface area contributed by atoms with Gasteiger partial charge in [-0.1, -0.05) is 0 Å². The third-order valence-electron chi connectivity index (χ3n) is 0.948. The highest BCUT2D eigenvalue weighted by molar-refractivity contribution is 7.99. The molecule has 62 valence electrons. The molecule has 3 N–H and O–H groups in total. The zero-order valence-electron chi connectivity index (χ0n) is 6.76. The minimum atomic E-state index is -0.529. The van der Waals surface area contributed by atoms with Crippen molar-refractivity contribution in [2.45, 2.75) is 25.9 Å². The lowest BCUT2D eigenvalue weighted by Crippen LogP contribution is -2.22. The number of thioether (sulfide) groups is 1. The molecule has 2 nitrogen and oxygen atoms in total. The lowest BCUT2D eigenvalue weighted by molar-refractivity contribution is 0.107. The van der Waals surface area contributed by atoms with Crippen LogP contribution in [0.4, 0.5) is 0 Å². The van der Waals surface area contributed by atoms with Crippen LogP contribution in [0.25, 0.3) is 0 Å². The second kappa shape index (κ2) is 4.99. The molecule has 0 radical (unpaired) electrons. The summed E-state index contributed by atoms with van der Waals surface area (Å²) in [5.74, 6) is 1.85. The Morgan fingerprint density at radius 3 is 2.50 bits per heavy atom. The fraction of sp³-hybridized carbons (Fsp3) is 1.00. The standard InChI is InChI=1S/C7H17NOS/c1-7(2,9)6-10-5-3-4-8/h9H,3-6,8H2,1-2H3. The van der Waals surface area contributed by atoms with Crippen molar-refractivity contribution in [3.8, 4) is 0 Å². The molecule has 0 rings (SSSR count). The van der Waals surface area contributed by atoms with Crippen molar-refractivity contribution in [1.29, 1.82) is 0 Å². The van der Waals surface area contributed by atoms with Gasteiger partial charge >= 0.3 is 0 Å². The average molecular weight is 163 g/mol. The molecule has 0 atom stereocenters. The minimum Gasteiger partial charge on any atom is -0.390 e. The third kappa shape index (κ3) is 8.27. The zero-order chi connectivity index (χ0) is 8.04. The van der Waals surface area contributed by atoms with Crippen LogP contribution in [0.2, 0.25) is 0 Å². The van der Waals surface area contributed by atoms with Gasteiger partial charge in [0.2, 0.25) is 0 Å². The first-order valence-corrected chi connectivity index (χ1v) is 4.72. The van der Waals surface area contributed by atoms with E-state index in [9.17, 15) is 5.11 Å². The highest BCUT2D eigenvalue weighted by Crippen LogP contribution is 2.11. The van der Waals surface area contributed by atoms with E-state index in [0.29, 0.717) is 0 Å². The summed E-state index contributed by atoms with van der Waals surface area (Å²) < 4.78 is 0. The molecule has 0 heterocycles. The first-order valence-electron chi connectivity index (χ1n) is 3.56. The van der Waals surface area contributed by atoms with Crippen LogP contribution < -0.4 is 5.73 Å². The van der Waals surface area contributed by atoms with Gasteiger partial charge in [-0.25, -0.2) is 0 Å². The Hall–Kier alpha value is 0.270. The monoisotopic (exact) mass is 163 g/mol. The second-order valence-corrected chi connectivity index (χ2v) is 4.11. The second-order valence-electron chi connectivity index (χ2n) is 3.01. The molecule has 0 aliphatic rings. The normalized spacial score (nSPS) is 12.0. The van der Waals surface area contributed by atoms with Gasteiger partial charge in [0.1, 0.15) is 0 Å². The first kappa shape index (κ1) is 10.3. The maximum Gasteiger partial charge on any atom is 0.0681 e. The van der Waals surface area contributed by atoms with E-state index in [0.717, 1.165) is 24.5 Å². The fourth-order valence-electron chi connectivity index (χ4n) is 0.507. The summed E-state index contributed by atoms with van der Waals surface area (Å²) in [4.78, 5) is 0. The predicted molar refractivity (Wildman–Crippen MR) is 47.3 cm³/mol. The number of aliphatic hydroxyl groups is 1. The van der Waals surface area contributed by atoms with Crippen molar-refractivity contribution < 1.29 is 5.11 Å². The molecule has 0 saturated heterocycles. The highest BCUT2D eigenvalue weighted by Gasteiger charge is 2.10. The maximum absolute atomic E-state index is 9.26. The van der Waals surface area contributed by atoms with Crippen molar-refractivity contribution in [3.05, 3.63) is 0 Å². The molecule has 0 unspecified atom stereocenters. The van der Waals surface area contributed by atoms with Gasteiger partial charge in [0.15, 0.2) is 0 Å². The quantitative estimate of drug-likeness (QED) is 0.590. The van der Waals surface area contributed by atoms with Crippen LogP contribution in [-0.4, -0.2) is 28.8 Å². The summed E-state index contributed by atoms with van der Waals surface area (Å²) in [6, 6.07) is 0. The number of hydrogen-bond acceptors (Lipinski definition) is 3. The average Bonchev–Trinajstić information content (AvgIpc) is 1.78. The highest BCUT2D eigenvalue weighted by atomic mass is 32.2. The van der Waals surface area contributed by atoms with E-state index >= 15 is 0 Å². The van der Waals surface area contributed by atoms with Crippen LogP contribution in [0, 0.1) is 0 Å². The van der Waals surface area contributed by atoms with Crippen LogP contribution in [0.1, 0.15) is 20.3 Å². The van der Waals surface area contributed by atoms with Crippen LogP contribution in [-0.2, 0) is 0 Å². The van der Waals surface area contributed by atoms with Crippen LogP contribution in [0.5, 0.6) is 0 Å². The summed E-state index contributed by atoms with van der Waals surface area (Å²) in [5, 5.41) is 9.26. The summed E-state index contributed by atoms with van der Waals surface area (Å²) in [6.45, 7) is 4.39. The van der Waals surface area contributed by atoms with E-state index < -0.39 is 5.60 Å². The molecule has 0 saturated carbocycles. The van der Waals surface area contributed by atoms with Crippen LogP contribution in [0.3, 0.4) is 0 Å². The molecule has 0 fully saturated rings. The molecule has 0 aliphatic carbocycles. The molecule has 3 heteroatoms. The Labute approximate surface area is 67.2 Å². The minimum absolute atomic E-state index is 0.529. The molecule has 0 aromatic heterocycles. The Morgan fingerprint density at radius 1 is 1.50 bits per heavy atom. The SMILES string of the molecule is CC(C)(O)CSCCCN. The first-order chi connectivity index (χ1) is 4.56. The number of nitrogens with two attached hydrogens (primary N) is 1. The van der Waals surface area contributed by atoms with Crippen LogP contribution >= 0.6 is 11.8 Å². The Balaban J connectivity index is 3.04. The largest absolute Gasteiger partial charge is 0.390 e. The van der Waals surface area contributed by atoms with Gasteiger partial charge in [0.05, 0.1) is 5.60 Å². The fourth-order valence-corrected chi connectivity index (χ4v) is 1.52. The number of hydrogen-bond donors (Lipinski definition) is 2. The predicted octanol–water partition coefficient (Wildman–Crippen LogP) is 0.839. The molecule has 0 bridgehead atoms. The van der Waals surface area contributed by atoms with E-state index in [1.54, 1.807) is 11.8 Å². The summed E-state index contributed by atoms with van der Waals surface area (Å²) in [6.07, 6.45) is 1.04. The van der Waals surface area contributed by atoms with Gasteiger partial charge < -0.3 is 10.8 Å². The van der Waals surface area contributed by atoms with Crippen molar-refractivity contribution in [2.24, 2.45) is 5.73 Å². The molecule has 0 aliphatic heterocycles. The van der Waals surface area contributed by atoms with Gasteiger partial charge in [0.25, 0.3) is 0 Å². The summed E-state index contributed by atoms with van der Waals surface area (Å²) in [7, 11) is 0. The van der Waals surface area contributed by atoms with Crippen LogP contribution in [0.15, 0.2) is 0 Å². The van der Waals surface area contributed by atoms with Crippen molar-refractivity contribution >= 4 is 11.8 Å². The van der Waals surface area contributed by atoms with Crippen molar-refractivity contribution in [3.63, 3.8) is 0 Å². The van der Waals surface area contributed by atoms with E-state index in [-0.39, 0.29) is 0 Å². The maximum atomic E-state index is 9.26. The summed E-state index contributed by atoms with van der Waals surface area (Å²) in [5.41, 5.74) is 4.77. The molecule has 10 heavy (non-hydrogen) atoms. The van der Waals surface area contributed by atoms with E-state index in [4.69, 9.17) is 5.73 Å². The van der Waals surface area contributed by atoms with Gasteiger partial charge in [-0.2, -0.15) is 11.8 Å². The zero-order valence-corrected chi connectivity index (χ0v) is 7.58. The Morgan fingerprint density at radius 2 is 2.10 bits per heavy atom. The van der Waals surface area contributed by atoms with Crippen molar-refractivity contribution in [1.82, 2.24) is 0 Å². The summed E-state index contributed by atoms with van der Waals surface area (Å²) >= 11 is 1.75. The molecule has 0 amide bonds.